The maximum absolute atomic E-state index is 4.43. The van der Waals surface area contributed by atoms with Crippen molar-refractivity contribution in [3.05, 3.63) is 53.6 Å². The van der Waals surface area contributed by atoms with E-state index in [1.807, 2.05) is 6.20 Å². The minimum absolute atomic E-state index is 0.517. The molecule has 0 saturated carbocycles. The lowest BCUT2D eigenvalue weighted by atomic mass is 10.1. The van der Waals surface area contributed by atoms with Gasteiger partial charge in [0.25, 0.3) is 0 Å². The van der Waals surface area contributed by atoms with E-state index in [4.69, 9.17) is 0 Å². The SMILES string of the molecule is CCCc1nccn1Cc1cccc(CNC(C)C)c1. The molecule has 0 aliphatic heterocycles. The molecular formula is C17H25N3. The Bertz CT molecular complexity index is 529. The summed E-state index contributed by atoms with van der Waals surface area (Å²) in [6.45, 7) is 8.37. The predicted octanol–water partition coefficient (Wildman–Crippen LogP) is 3.38. The molecular weight excluding hydrogens is 246 g/mol. The van der Waals surface area contributed by atoms with Crippen molar-refractivity contribution in [1.82, 2.24) is 14.9 Å². The number of aromatic nitrogens is 2. The molecule has 2 aromatic rings. The lowest BCUT2D eigenvalue weighted by molar-refractivity contribution is 0.588. The van der Waals surface area contributed by atoms with Crippen LogP contribution in [0, 0.1) is 0 Å². The van der Waals surface area contributed by atoms with Crippen LogP contribution in [-0.2, 0) is 19.5 Å². The van der Waals surface area contributed by atoms with Crippen molar-refractivity contribution in [3.63, 3.8) is 0 Å². The minimum Gasteiger partial charge on any atom is -0.331 e. The third-order valence-corrected chi connectivity index (χ3v) is 3.33. The number of aryl methyl sites for hydroxylation is 1. The zero-order valence-corrected chi connectivity index (χ0v) is 12.8. The zero-order chi connectivity index (χ0) is 14.4. The predicted molar refractivity (Wildman–Crippen MR) is 83.7 cm³/mol. The van der Waals surface area contributed by atoms with Crippen LogP contribution in [0.1, 0.15) is 44.1 Å². The van der Waals surface area contributed by atoms with Crippen LogP contribution in [0.3, 0.4) is 0 Å². The van der Waals surface area contributed by atoms with Crippen LogP contribution in [0.2, 0.25) is 0 Å². The van der Waals surface area contributed by atoms with E-state index in [1.54, 1.807) is 0 Å². The standard InChI is InChI=1S/C17H25N3/c1-4-6-17-18-9-10-20(17)13-16-8-5-7-15(11-16)12-19-14(2)3/h5,7-11,14,19H,4,6,12-13H2,1-3H3. The molecule has 1 heterocycles. The highest BCUT2D eigenvalue weighted by atomic mass is 15.1. The van der Waals surface area contributed by atoms with Crippen molar-refractivity contribution in [2.45, 2.75) is 52.7 Å². The number of nitrogens with zero attached hydrogens (tertiary/aromatic N) is 2. The maximum Gasteiger partial charge on any atom is 0.108 e. The first-order chi connectivity index (χ1) is 9.69. The Morgan fingerprint density at radius 3 is 2.80 bits per heavy atom. The highest BCUT2D eigenvalue weighted by Gasteiger charge is 2.03. The van der Waals surface area contributed by atoms with Crippen molar-refractivity contribution < 1.29 is 0 Å². The molecule has 1 aromatic heterocycles. The smallest absolute Gasteiger partial charge is 0.108 e. The molecule has 0 atom stereocenters. The van der Waals surface area contributed by atoms with Crippen LogP contribution in [0.5, 0.6) is 0 Å². The van der Waals surface area contributed by atoms with Crippen molar-refractivity contribution in [1.29, 1.82) is 0 Å². The Hall–Kier alpha value is -1.61. The van der Waals surface area contributed by atoms with Gasteiger partial charge in [0.15, 0.2) is 0 Å². The molecule has 0 amide bonds. The van der Waals surface area contributed by atoms with Crippen molar-refractivity contribution >= 4 is 0 Å². The van der Waals surface area contributed by atoms with E-state index in [-0.39, 0.29) is 0 Å². The van der Waals surface area contributed by atoms with E-state index in [2.05, 4.69) is 66.1 Å². The summed E-state index contributed by atoms with van der Waals surface area (Å²) in [4.78, 5) is 4.43. The second-order valence-corrected chi connectivity index (χ2v) is 5.58. The number of nitrogens with one attached hydrogen (secondary N) is 1. The van der Waals surface area contributed by atoms with E-state index in [1.165, 1.54) is 17.0 Å². The fourth-order valence-electron chi connectivity index (χ4n) is 2.29. The first-order valence-electron chi connectivity index (χ1n) is 7.50. The molecule has 0 aliphatic carbocycles. The molecule has 3 nitrogen and oxygen atoms in total. The van der Waals surface area contributed by atoms with E-state index >= 15 is 0 Å². The van der Waals surface area contributed by atoms with Gasteiger partial charge in [-0.1, -0.05) is 45.0 Å². The first-order valence-corrected chi connectivity index (χ1v) is 7.50. The molecule has 0 radical (unpaired) electrons. The molecule has 0 spiro atoms. The molecule has 20 heavy (non-hydrogen) atoms. The highest BCUT2D eigenvalue weighted by molar-refractivity contribution is 5.24. The largest absolute Gasteiger partial charge is 0.331 e. The van der Waals surface area contributed by atoms with Crippen molar-refractivity contribution in [3.8, 4) is 0 Å². The molecule has 1 N–H and O–H groups in total. The summed E-state index contributed by atoms with van der Waals surface area (Å²) >= 11 is 0. The highest BCUT2D eigenvalue weighted by Crippen LogP contribution is 2.10. The minimum atomic E-state index is 0.517. The Balaban J connectivity index is 2.05. The second-order valence-electron chi connectivity index (χ2n) is 5.58. The van der Waals surface area contributed by atoms with Gasteiger partial charge in [0.1, 0.15) is 5.82 Å². The van der Waals surface area contributed by atoms with E-state index in [9.17, 15) is 0 Å². The average molecular weight is 271 g/mol. The number of imidazole rings is 1. The van der Waals surface area contributed by atoms with Crippen molar-refractivity contribution in [2.24, 2.45) is 0 Å². The molecule has 3 heteroatoms. The summed E-state index contributed by atoms with van der Waals surface area (Å²) in [6, 6.07) is 9.31. The molecule has 0 aliphatic rings. The third-order valence-electron chi connectivity index (χ3n) is 3.33. The maximum atomic E-state index is 4.43. The van der Waals surface area contributed by atoms with E-state index in [0.29, 0.717) is 6.04 Å². The molecule has 0 fully saturated rings. The second kappa shape index (κ2) is 7.25. The Labute approximate surface area is 122 Å². The van der Waals surface area contributed by atoms with Gasteiger partial charge in [0.2, 0.25) is 0 Å². The summed E-state index contributed by atoms with van der Waals surface area (Å²) in [5.41, 5.74) is 2.68. The van der Waals surface area contributed by atoms with Gasteiger partial charge in [-0.2, -0.15) is 0 Å². The summed E-state index contributed by atoms with van der Waals surface area (Å²) in [7, 11) is 0. The molecule has 0 bridgehead atoms. The van der Waals surface area contributed by atoms with Crippen LogP contribution < -0.4 is 5.32 Å². The fourth-order valence-corrected chi connectivity index (χ4v) is 2.29. The number of rotatable bonds is 7. The van der Waals surface area contributed by atoms with Crippen LogP contribution in [0.25, 0.3) is 0 Å². The first kappa shape index (κ1) is 14.8. The number of hydrogen-bond donors (Lipinski definition) is 1. The summed E-state index contributed by atoms with van der Waals surface area (Å²) < 4.78 is 2.25. The van der Waals surface area contributed by atoms with Crippen LogP contribution in [0.15, 0.2) is 36.7 Å². The molecule has 108 valence electrons. The van der Waals surface area contributed by atoms with Crippen molar-refractivity contribution in [2.75, 3.05) is 0 Å². The normalized spacial score (nSPS) is 11.2. The number of benzene rings is 1. The van der Waals surface area contributed by atoms with Gasteiger partial charge in [-0.15, -0.1) is 0 Å². The molecule has 2 rings (SSSR count). The van der Waals surface area contributed by atoms with Gasteiger partial charge >= 0.3 is 0 Å². The average Bonchev–Trinajstić information content (AvgIpc) is 2.85. The van der Waals surface area contributed by atoms with Gasteiger partial charge in [0, 0.05) is 37.9 Å². The molecule has 0 saturated heterocycles. The molecule has 1 aromatic carbocycles. The van der Waals surface area contributed by atoms with Crippen LogP contribution >= 0.6 is 0 Å². The lowest BCUT2D eigenvalue weighted by Crippen LogP contribution is -2.21. The number of hydrogen-bond acceptors (Lipinski definition) is 2. The molecule has 0 unspecified atom stereocenters. The lowest BCUT2D eigenvalue weighted by Gasteiger charge is -2.11. The van der Waals surface area contributed by atoms with Crippen LogP contribution in [0.4, 0.5) is 0 Å². The monoisotopic (exact) mass is 271 g/mol. The zero-order valence-electron chi connectivity index (χ0n) is 12.8. The topological polar surface area (TPSA) is 29.9 Å². The quantitative estimate of drug-likeness (QED) is 0.836. The van der Waals surface area contributed by atoms with E-state index in [0.717, 1.165) is 25.9 Å². The van der Waals surface area contributed by atoms with Crippen LogP contribution in [-0.4, -0.2) is 15.6 Å². The Morgan fingerprint density at radius 2 is 2.05 bits per heavy atom. The van der Waals surface area contributed by atoms with E-state index < -0.39 is 0 Å². The fraction of sp³-hybridized carbons (Fsp3) is 0.471. The Kier molecular flexibility index (Phi) is 5.36. The Morgan fingerprint density at radius 1 is 1.25 bits per heavy atom. The van der Waals surface area contributed by atoms with Gasteiger partial charge in [-0.3, -0.25) is 0 Å². The van der Waals surface area contributed by atoms with Gasteiger partial charge in [0.05, 0.1) is 0 Å². The van der Waals surface area contributed by atoms with Gasteiger partial charge in [-0.25, -0.2) is 4.98 Å². The summed E-state index contributed by atoms with van der Waals surface area (Å²) in [5.74, 6) is 1.18. The summed E-state index contributed by atoms with van der Waals surface area (Å²) in [5, 5.41) is 3.46. The third kappa shape index (κ3) is 4.20. The van der Waals surface area contributed by atoms with Gasteiger partial charge in [-0.05, 0) is 17.5 Å². The summed E-state index contributed by atoms with van der Waals surface area (Å²) in [6.07, 6.45) is 6.15. The van der Waals surface area contributed by atoms with Gasteiger partial charge < -0.3 is 9.88 Å².